The molecule has 0 aliphatic carbocycles. The number of rotatable bonds is 7. The van der Waals surface area contributed by atoms with Crippen molar-refractivity contribution in [2.24, 2.45) is 0 Å². The Bertz CT molecular complexity index is 1400. The van der Waals surface area contributed by atoms with Crippen molar-refractivity contribution in [2.75, 3.05) is 14.2 Å². The summed E-state index contributed by atoms with van der Waals surface area (Å²) >= 11 is 0. The SMILES string of the molecule is CCC[n+]1ccc(-c2ncc(-c3cc(S(=O)(=O)O)c(OC)cc3OC)o2)c2ccccc21. The third kappa shape index (κ3) is 3.92. The van der Waals surface area contributed by atoms with Gasteiger partial charge in [0.2, 0.25) is 11.4 Å². The standard InChI is InChI=1S/C23H22N2O6S/c1-4-10-25-11-9-16(15-7-5-6-8-18(15)25)23-24-14-21(31-23)17-12-22(32(26,27)28)20(30-3)13-19(17)29-2/h5-9,11-14H,4,10H2,1-3H3/p+1. The van der Waals surface area contributed by atoms with Gasteiger partial charge in [0.1, 0.15) is 22.9 Å². The van der Waals surface area contributed by atoms with Crippen LogP contribution in [-0.2, 0) is 16.7 Å². The summed E-state index contributed by atoms with van der Waals surface area (Å²) in [6.45, 7) is 3.01. The molecule has 0 atom stereocenters. The van der Waals surface area contributed by atoms with Crippen LogP contribution >= 0.6 is 0 Å². The fraction of sp³-hybridized carbons (Fsp3) is 0.217. The molecule has 0 radical (unpaired) electrons. The summed E-state index contributed by atoms with van der Waals surface area (Å²) in [6.07, 6.45) is 4.50. The number of para-hydroxylation sites is 1. The minimum atomic E-state index is -4.53. The Morgan fingerprint density at radius 3 is 2.50 bits per heavy atom. The average molecular weight is 456 g/mol. The van der Waals surface area contributed by atoms with Gasteiger partial charge in [0.05, 0.1) is 36.9 Å². The van der Waals surface area contributed by atoms with E-state index in [9.17, 15) is 13.0 Å². The molecule has 2 aromatic heterocycles. The van der Waals surface area contributed by atoms with Crippen molar-refractivity contribution in [3.63, 3.8) is 0 Å². The van der Waals surface area contributed by atoms with Gasteiger partial charge in [0.15, 0.2) is 12.0 Å². The molecular weight excluding hydrogens is 432 g/mol. The molecule has 8 nitrogen and oxygen atoms in total. The lowest BCUT2D eigenvalue weighted by Crippen LogP contribution is -2.33. The molecule has 0 spiro atoms. The number of fused-ring (bicyclic) bond motifs is 1. The number of hydrogen-bond donors (Lipinski definition) is 1. The van der Waals surface area contributed by atoms with Gasteiger partial charge in [-0.05, 0) is 12.1 Å². The number of aryl methyl sites for hydroxylation is 1. The minimum absolute atomic E-state index is 0.0395. The Kier molecular flexibility index (Phi) is 5.86. The van der Waals surface area contributed by atoms with E-state index in [0.717, 1.165) is 29.4 Å². The topological polar surface area (TPSA) is 103 Å². The van der Waals surface area contributed by atoms with Crippen molar-refractivity contribution < 1.29 is 31.4 Å². The third-order valence-corrected chi connectivity index (χ3v) is 6.03. The van der Waals surface area contributed by atoms with Crippen LogP contribution in [0.15, 0.2) is 64.2 Å². The van der Waals surface area contributed by atoms with Gasteiger partial charge in [-0.3, -0.25) is 4.55 Å². The van der Waals surface area contributed by atoms with Crippen molar-refractivity contribution in [1.29, 1.82) is 0 Å². The van der Waals surface area contributed by atoms with E-state index in [1.165, 1.54) is 32.5 Å². The highest BCUT2D eigenvalue weighted by Crippen LogP contribution is 2.39. The highest BCUT2D eigenvalue weighted by Gasteiger charge is 2.24. The first kappa shape index (κ1) is 21.8. The molecule has 2 aromatic carbocycles. The number of aromatic nitrogens is 2. The number of methoxy groups -OCH3 is 2. The summed E-state index contributed by atoms with van der Waals surface area (Å²) in [6, 6.07) is 12.6. The molecule has 0 unspecified atom stereocenters. The van der Waals surface area contributed by atoms with Crippen LogP contribution in [0.1, 0.15) is 13.3 Å². The van der Waals surface area contributed by atoms with E-state index in [1.807, 2.05) is 36.5 Å². The maximum absolute atomic E-state index is 11.8. The molecule has 166 valence electrons. The molecular formula is C23H23N2O6S+. The summed E-state index contributed by atoms with van der Waals surface area (Å²) in [5.74, 6) is 0.947. The molecule has 0 aliphatic rings. The fourth-order valence-corrected chi connectivity index (χ4v) is 4.36. The van der Waals surface area contributed by atoms with E-state index in [2.05, 4.69) is 16.5 Å². The molecule has 0 amide bonds. The Morgan fingerprint density at radius 2 is 1.81 bits per heavy atom. The zero-order valence-electron chi connectivity index (χ0n) is 17.9. The van der Waals surface area contributed by atoms with Gasteiger partial charge in [0.25, 0.3) is 10.1 Å². The minimum Gasteiger partial charge on any atom is -0.496 e. The molecule has 1 N–H and O–H groups in total. The van der Waals surface area contributed by atoms with E-state index in [0.29, 0.717) is 23.0 Å². The van der Waals surface area contributed by atoms with Crippen molar-refractivity contribution in [3.8, 4) is 34.3 Å². The van der Waals surface area contributed by atoms with Gasteiger partial charge in [-0.2, -0.15) is 13.0 Å². The zero-order chi connectivity index (χ0) is 22.9. The first-order valence-electron chi connectivity index (χ1n) is 9.98. The normalized spacial score (nSPS) is 11.6. The second-order valence-electron chi connectivity index (χ2n) is 7.15. The summed E-state index contributed by atoms with van der Waals surface area (Å²) in [7, 11) is -1.78. The van der Waals surface area contributed by atoms with E-state index in [1.54, 1.807) is 0 Å². The second-order valence-corrected chi connectivity index (χ2v) is 8.54. The van der Waals surface area contributed by atoms with Crippen LogP contribution in [0, 0.1) is 0 Å². The largest absolute Gasteiger partial charge is 0.496 e. The molecule has 0 bridgehead atoms. The van der Waals surface area contributed by atoms with E-state index in [4.69, 9.17) is 13.9 Å². The monoisotopic (exact) mass is 455 g/mol. The molecule has 2 heterocycles. The molecule has 0 saturated carbocycles. The summed E-state index contributed by atoms with van der Waals surface area (Å²) in [5, 5.41) is 0.983. The predicted molar refractivity (Wildman–Crippen MR) is 118 cm³/mol. The molecule has 0 aliphatic heterocycles. The van der Waals surface area contributed by atoms with Crippen molar-refractivity contribution in [3.05, 3.63) is 54.9 Å². The molecule has 0 saturated heterocycles. The van der Waals surface area contributed by atoms with Crippen LogP contribution in [0.4, 0.5) is 0 Å². The summed E-state index contributed by atoms with van der Waals surface area (Å²) in [4.78, 5) is 4.03. The van der Waals surface area contributed by atoms with E-state index < -0.39 is 10.1 Å². The Hall–Kier alpha value is -3.43. The van der Waals surface area contributed by atoms with Crippen molar-refractivity contribution >= 4 is 21.0 Å². The highest BCUT2D eigenvalue weighted by molar-refractivity contribution is 7.86. The smallest absolute Gasteiger partial charge is 0.298 e. The molecule has 32 heavy (non-hydrogen) atoms. The highest BCUT2D eigenvalue weighted by atomic mass is 32.2. The summed E-state index contributed by atoms with van der Waals surface area (Å²) in [5.41, 5.74) is 2.19. The van der Waals surface area contributed by atoms with Gasteiger partial charge in [-0.15, -0.1) is 0 Å². The molecule has 4 aromatic rings. The van der Waals surface area contributed by atoms with Crippen molar-refractivity contribution in [1.82, 2.24) is 4.98 Å². The van der Waals surface area contributed by atoms with Gasteiger partial charge in [-0.1, -0.05) is 19.1 Å². The first-order valence-corrected chi connectivity index (χ1v) is 11.4. The van der Waals surface area contributed by atoms with Crippen LogP contribution in [0.3, 0.4) is 0 Å². The number of hydrogen-bond acceptors (Lipinski definition) is 6. The van der Waals surface area contributed by atoms with Gasteiger partial charge >= 0.3 is 0 Å². The molecule has 9 heteroatoms. The molecule has 0 fully saturated rings. The molecule has 4 rings (SSSR count). The average Bonchev–Trinajstić information content (AvgIpc) is 3.27. The predicted octanol–water partition coefficient (Wildman–Crippen LogP) is 4.12. The van der Waals surface area contributed by atoms with Gasteiger partial charge in [-0.25, -0.2) is 4.98 Å². The quantitative estimate of drug-likeness (QED) is 0.330. The van der Waals surface area contributed by atoms with Crippen LogP contribution in [0.25, 0.3) is 33.7 Å². The van der Waals surface area contributed by atoms with E-state index in [-0.39, 0.29) is 10.6 Å². The number of oxazole rings is 1. The van der Waals surface area contributed by atoms with E-state index >= 15 is 0 Å². The summed E-state index contributed by atoms with van der Waals surface area (Å²) < 4.78 is 52.0. The lowest BCUT2D eigenvalue weighted by molar-refractivity contribution is -0.671. The fourth-order valence-electron chi connectivity index (χ4n) is 3.70. The van der Waals surface area contributed by atoms with Crippen LogP contribution < -0.4 is 14.0 Å². The van der Waals surface area contributed by atoms with Crippen LogP contribution in [0.2, 0.25) is 0 Å². The Balaban J connectivity index is 1.86. The Morgan fingerprint density at radius 1 is 1.06 bits per heavy atom. The number of pyridine rings is 1. The number of benzene rings is 2. The maximum atomic E-state index is 11.8. The zero-order valence-corrected chi connectivity index (χ0v) is 18.7. The van der Waals surface area contributed by atoms with Crippen molar-refractivity contribution in [2.45, 2.75) is 24.8 Å². The lowest BCUT2D eigenvalue weighted by atomic mass is 10.1. The first-order chi connectivity index (χ1) is 15.4. The van der Waals surface area contributed by atoms with Crippen LogP contribution in [0.5, 0.6) is 11.5 Å². The Labute approximate surface area is 185 Å². The number of nitrogens with zero attached hydrogens (tertiary/aromatic N) is 2. The third-order valence-electron chi connectivity index (χ3n) is 5.15. The maximum Gasteiger partial charge on any atom is 0.298 e. The van der Waals surface area contributed by atoms with Gasteiger partial charge in [0, 0.05) is 24.6 Å². The lowest BCUT2D eigenvalue weighted by Gasteiger charge is -2.12. The van der Waals surface area contributed by atoms with Crippen LogP contribution in [-0.4, -0.2) is 32.2 Å². The second kappa shape index (κ2) is 8.60. The number of ether oxygens (including phenoxy) is 2. The van der Waals surface area contributed by atoms with Gasteiger partial charge < -0.3 is 13.9 Å².